The number of rotatable bonds is 5. The first-order valence-electron chi connectivity index (χ1n) is 9.34. The molecule has 5 nitrogen and oxygen atoms in total. The number of carbonyl (C=O) groups is 2. The smallest absolute Gasteiger partial charge is 0.244 e. The SMILES string of the molecule is CC(=O)N(c1ccccc1)c1nc(/C=C/C(=O)NC2CCCCC2C)cs1. The van der Waals surface area contributed by atoms with Crippen molar-refractivity contribution in [3.8, 4) is 0 Å². The van der Waals surface area contributed by atoms with Crippen molar-refractivity contribution in [3.05, 3.63) is 47.5 Å². The minimum Gasteiger partial charge on any atom is -0.350 e. The summed E-state index contributed by atoms with van der Waals surface area (Å²) in [6.45, 7) is 3.71. The molecule has 1 N–H and O–H groups in total. The van der Waals surface area contributed by atoms with Gasteiger partial charge in [0.25, 0.3) is 0 Å². The van der Waals surface area contributed by atoms with Crippen LogP contribution in [0.15, 0.2) is 41.8 Å². The molecule has 0 bridgehead atoms. The molecular formula is C21H25N3O2S. The van der Waals surface area contributed by atoms with Crippen molar-refractivity contribution in [1.29, 1.82) is 0 Å². The monoisotopic (exact) mass is 383 g/mol. The van der Waals surface area contributed by atoms with E-state index in [0.717, 1.165) is 12.1 Å². The Hall–Kier alpha value is -2.47. The molecule has 2 atom stereocenters. The first-order chi connectivity index (χ1) is 13.0. The lowest BCUT2D eigenvalue weighted by Crippen LogP contribution is -2.40. The highest BCUT2D eigenvalue weighted by atomic mass is 32.1. The van der Waals surface area contributed by atoms with Gasteiger partial charge in [0.15, 0.2) is 5.13 Å². The van der Waals surface area contributed by atoms with Crippen molar-refractivity contribution in [3.63, 3.8) is 0 Å². The molecule has 6 heteroatoms. The van der Waals surface area contributed by atoms with Crippen molar-refractivity contribution in [2.24, 2.45) is 5.92 Å². The lowest BCUT2D eigenvalue weighted by atomic mass is 9.86. The minimum absolute atomic E-state index is 0.0882. The fourth-order valence-corrected chi connectivity index (χ4v) is 4.24. The Bertz CT molecular complexity index is 816. The topological polar surface area (TPSA) is 62.3 Å². The lowest BCUT2D eigenvalue weighted by molar-refractivity contribution is -0.118. The Balaban J connectivity index is 1.67. The van der Waals surface area contributed by atoms with Gasteiger partial charge in [0.05, 0.1) is 11.4 Å². The first kappa shape index (κ1) is 19.3. The molecule has 2 aromatic rings. The van der Waals surface area contributed by atoms with Gasteiger partial charge in [0.1, 0.15) is 0 Å². The summed E-state index contributed by atoms with van der Waals surface area (Å²) in [4.78, 5) is 30.4. The maximum absolute atomic E-state index is 12.2. The normalized spacial score (nSPS) is 19.8. The largest absolute Gasteiger partial charge is 0.350 e. The third-order valence-corrected chi connectivity index (χ3v) is 5.72. The summed E-state index contributed by atoms with van der Waals surface area (Å²) in [5.41, 5.74) is 1.45. The van der Waals surface area contributed by atoms with Gasteiger partial charge >= 0.3 is 0 Å². The van der Waals surface area contributed by atoms with Crippen molar-refractivity contribution < 1.29 is 9.59 Å². The Morgan fingerprint density at radius 3 is 2.67 bits per heavy atom. The van der Waals surface area contributed by atoms with E-state index in [1.807, 2.05) is 35.7 Å². The van der Waals surface area contributed by atoms with E-state index in [1.165, 1.54) is 43.6 Å². The number of amides is 2. The molecule has 1 saturated carbocycles. The van der Waals surface area contributed by atoms with E-state index in [2.05, 4.69) is 17.2 Å². The molecule has 2 amide bonds. The summed E-state index contributed by atoms with van der Waals surface area (Å²) < 4.78 is 0. The van der Waals surface area contributed by atoms with Gasteiger partial charge in [-0.05, 0) is 37.0 Å². The molecule has 1 aliphatic carbocycles. The van der Waals surface area contributed by atoms with Crippen LogP contribution in [0.4, 0.5) is 10.8 Å². The summed E-state index contributed by atoms with van der Waals surface area (Å²) >= 11 is 1.38. The van der Waals surface area contributed by atoms with Gasteiger partial charge < -0.3 is 5.32 Å². The van der Waals surface area contributed by atoms with Crippen molar-refractivity contribution in [2.75, 3.05) is 4.90 Å². The van der Waals surface area contributed by atoms with Gasteiger partial charge in [-0.25, -0.2) is 4.98 Å². The van der Waals surface area contributed by atoms with E-state index in [0.29, 0.717) is 16.7 Å². The number of nitrogens with zero attached hydrogens (tertiary/aromatic N) is 2. The fraction of sp³-hybridized carbons (Fsp3) is 0.381. The van der Waals surface area contributed by atoms with Crippen LogP contribution in [-0.4, -0.2) is 22.8 Å². The standard InChI is InChI=1S/C21H25N3O2S/c1-15-8-6-7-11-19(15)23-20(26)13-12-17-14-27-21(22-17)24(16(2)25)18-9-4-3-5-10-18/h3-5,9-10,12-15,19H,6-8,11H2,1-2H3,(H,23,26)/b13-12+. The van der Waals surface area contributed by atoms with Crippen LogP contribution in [0.25, 0.3) is 6.08 Å². The molecule has 0 saturated heterocycles. The molecule has 1 aliphatic rings. The van der Waals surface area contributed by atoms with Crippen molar-refractivity contribution >= 4 is 40.0 Å². The molecule has 3 rings (SSSR count). The van der Waals surface area contributed by atoms with Crippen LogP contribution in [0.2, 0.25) is 0 Å². The van der Waals surface area contributed by atoms with E-state index in [1.54, 1.807) is 11.0 Å². The third-order valence-electron chi connectivity index (χ3n) is 4.88. The highest BCUT2D eigenvalue weighted by Crippen LogP contribution is 2.29. The minimum atomic E-state index is -0.102. The number of anilines is 2. The van der Waals surface area contributed by atoms with E-state index < -0.39 is 0 Å². The molecule has 0 aliphatic heterocycles. The average Bonchev–Trinajstić information content (AvgIpc) is 3.11. The van der Waals surface area contributed by atoms with Crippen molar-refractivity contribution in [2.45, 2.75) is 45.6 Å². The van der Waals surface area contributed by atoms with Crippen LogP contribution in [0.3, 0.4) is 0 Å². The van der Waals surface area contributed by atoms with Gasteiger partial charge in [0.2, 0.25) is 11.8 Å². The molecule has 27 heavy (non-hydrogen) atoms. The van der Waals surface area contributed by atoms with Gasteiger partial charge in [-0.1, -0.05) is 38.0 Å². The van der Waals surface area contributed by atoms with Gasteiger partial charge in [-0.15, -0.1) is 11.3 Å². The Labute approximate surface area is 164 Å². The van der Waals surface area contributed by atoms with Crippen LogP contribution in [-0.2, 0) is 9.59 Å². The quantitative estimate of drug-likeness (QED) is 0.771. The van der Waals surface area contributed by atoms with Gasteiger partial charge in [-0.3, -0.25) is 14.5 Å². The van der Waals surface area contributed by atoms with Gasteiger partial charge in [0, 0.05) is 24.4 Å². The molecule has 0 radical (unpaired) electrons. The van der Waals surface area contributed by atoms with Crippen LogP contribution >= 0.6 is 11.3 Å². The number of thiazole rings is 1. The van der Waals surface area contributed by atoms with Crippen molar-refractivity contribution in [1.82, 2.24) is 10.3 Å². The number of benzene rings is 1. The number of para-hydroxylation sites is 1. The molecule has 1 fully saturated rings. The summed E-state index contributed by atoms with van der Waals surface area (Å²) in [5.74, 6) is 0.335. The van der Waals surface area contributed by atoms with Crippen LogP contribution < -0.4 is 10.2 Å². The van der Waals surface area contributed by atoms with Crippen LogP contribution in [0.1, 0.15) is 45.2 Å². The Morgan fingerprint density at radius 1 is 1.22 bits per heavy atom. The zero-order valence-electron chi connectivity index (χ0n) is 15.7. The summed E-state index contributed by atoms with van der Waals surface area (Å²) in [6.07, 6.45) is 7.87. The van der Waals surface area contributed by atoms with Gasteiger partial charge in [-0.2, -0.15) is 0 Å². The maximum Gasteiger partial charge on any atom is 0.244 e. The number of aromatic nitrogens is 1. The van der Waals surface area contributed by atoms with Crippen LogP contribution in [0, 0.1) is 5.92 Å². The molecule has 1 aromatic carbocycles. The molecule has 142 valence electrons. The average molecular weight is 384 g/mol. The van der Waals surface area contributed by atoms with E-state index in [9.17, 15) is 9.59 Å². The fourth-order valence-electron chi connectivity index (χ4n) is 3.38. The second kappa shape index (κ2) is 8.95. The molecular weight excluding hydrogens is 358 g/mol. The summed E-state index contributed by atoms with van der Waals surface area (Å²) in [5, 5.41) is 5.54. The summed E-state index contributed by atoms with van der Waals surface area (Å²) in [7, 11) is 0. The first-order valence-corrected chi connectivity index (χ1v) is 10.2. The highest BCUT2D eigenvalue weighted by molar-refractivity contribution is 7.14. The molecule has 0 spiro atoms. The number of carbonyl (C=O) groups excluding carboxylic acids is 2. The second-order valence-corrected chi connectivity index (χ2v) is 7.79. The number of hydrogen-bond acceptors (Lipinski definition) is 4. The van der Waals surface area contributed by atoms with E-state index >= 15 is 0 Å². The summed E-state index contributed by atoms with van der Waals surface area (Å²) in [6, 6.07) is 9.68. The Morgan fingerprint density at radius 2 is 1.96 bits per heavy atom. The van der Waals surface area contributed by atoms with E-state index in [-0.39, 0.29) is 17.9 Å². The molecule has 2 unspecified atom stereocenters. The predicted molar refractivity (Wildman–Crippen MR) is 110 cm³/mol. The predicted octanol–water partition coefficient (Wildman–Crippen LogP) is 4.54. The maximum atomic E-state index is 12.2. The Kier molecular flexibility index (Phi) is 6.40. The number of nitrogens with one attached hydrogen (secondary N) is 1. The molecule has 1 aromatic heterocycles. The lowest BCUT2D eigenvalue weighted by Gasteiger charge is -2.29. The third kappa shape index (κ3) is 5.04. The highest BCUT2D eigenvalue weighted by Gasteiger charge is 2.22. The zero-order valence-corrected chi connectivity index (χ0v) is 16.5. The zero-order chi connectivity index (χ0) is 19.2. The van der Waals surface area contributed by atoms with E-state index in [4.69, 9.17) is 0 Å². The number of hydrogen-bond donors (Lipinski definition) is 1. The second-order valence-electron chi connectivity index (χ2n) is 6.96. The van der Waals surface area contributed by atoms with Crippen LogP contribution in [0.5, 0.6) is 0 Å². The molecule has 1 heterocycles.